The highest BCUT2D eigenvalue weighted by Gasteiger charge is 2.55. The monoisotopic (exact) mass is 334 g/mol. The van der Waals surface area contributed by atoms with E-state index in [2.05, 4.69) is 4.98 Å². The van der Waals surface area contributed by atoms with Crippen molar-refractivity contribution < 1.29 is 18.7 Å². The number of amides is 1. The minimum atomic E-state index is -1.60. The zero-order valence-electron chi connectivity index (χ0n) is 13.7. The fourth-order valence-electron chi connectivity index (χ4n) is 3.82. The van der Waals surface area contributed by atoms with Gasteiger partial charge in [0.1, 0.15) is 5.60 Å². The van der Waals surface area contributed by atoms with Gasteiger partial charge < -0.3 is 14.4 Å². The molecule has 1 saturated carbocycles. The highest BCUT2D eigenvalue weighted by molar-refractivity contribution is 5.87. The van der Waals surface area contributed by atoms with E-state index in [-0.39, 0.29) is 17.6 Å². The van der Waals surface area contributed by atoms with E-state index in [1.54, 1.807) is 17.3 Å². The number of likely N-dealkylation sites (tertiary alicyclic amines) is 1. The van der Waals surface area contributed by atoms with Crippen LogP contribution in [-0.4, -0.2) is 52.9 Å². The summed E-state index contributed by atoms with van der Waals surface area (Å²) in [6.07, 6.45) is 6.81. The summed E-state index contributed by atoms with van der Waals surface area (Å²) in [5.74, 6) is -0.346. The third-order valence-electron chi connectivity index (χ3n) is 5.43. The zero-order valence-corrected chi connectivity index (χ0v) is 13.7. The maximum absolute atomic E-state index is 14.2. The number of aromatic nitrogens is 1. The lowest BCUT2D eigenvalue weighted by Gasteiger charge is -2.54. The van der Waals surface area contributed by atoms with Gasteiger partial charge in [-0.15, -0.1) is 0 Å². The number of halogens is 1. The van der Waals surface area contributed by atoms with Gasteiger partial charge in [-0.2, -0.15) is 0 Å². The molecule has 130 valence electrons. The molecule has 2 saturated heterocycles. The van der Waals surface area contributed by atoms with Crippen LogP contribution in [-0.2, 0) is 20.9 Å². The van der Waals surface area contributed by atoms with E-state index in [1.807, 2.05) is 12.1 Å². The fraction of sp³-hybridized carbons (Fsp3) is 0.667. The van der Waals surface area contributed by atoms with Crippen LogP contribution < -0.4 is 0 Å². The van der Waals surface area contributed by atoms with Gasteiger partial charge in [0.15, 0.2) is 5.67 Å². The summed E-state index contributed by atoms with van der Waals surface area (Å²) in [6, 6.07) is 3.89. The molecular formula is C18H23FN2O3. The van der Waals surface area contributed by atoms with Crippen LogP contribution in [0, 0.1) is 0 Å². The molecule has 1 amide bonds. The van der Waals surface area contributed by atoms with Crippen LogP contribution >= 0.6 is 0 Å². The largest absolute Gasteiger partial charge is 0.373 e. The van der Waals surface area contributed by atoms with Crippen molar-refractivity contribution in [3.8, 4) is 0 Å². The van der Waals surface area contributed by atoms with Crippen molar-refractivity contribution in [1.82, 2.24) is 9.88 Å². The predicted molar refractivity (Wildman–Crippen MR) is 85.0 cm³/mol. The third kappa shape index (κ3) is 2.93. The summed E-state index contributed by atoms with van der Waals surface area (Å²) in [4.78, 5) is 17.9. The lowest BCUT2D eigenvalue weighted by molar-refractivity contribution is -0.210. The number of carbonyl (C=O) groups excluding carboxylic acids is 1. The molecule has 2 aliphatic heterocycles. The Bertz CT molecular complexity index is 600. The Kier molecular flexibility index (Phi) is 4.04. The van der Waals surface area contributed by atoms with Crippen molar-refractivity contribution in [1.29, 1.82) is 0 Å². The van der Waals surface area contributed by atoms with Gasteiger partial charge in [-0.1, -0.05) is 6.07 Å². The summed E-state index contributed by atoms with van der Waals surface area (Å²) >= 11 is 0. The Labute approximate surface area is 141 Å². The minimum Gasteiger partial charge on any atom is -0.373 e. The maximum Gasteiger partial charge on any atom is 0.260 e. The molecule has 0 bridgehead atoms. The normalized spacial score (nSPS) is 27.4. The first kappa shape index (κ1) is 16.0. The van der Waals surface area contributed by atoms with E-state index in [1.165, 1.54) is 0 Å². The second-order valence-corrected chi connectivity index (χ2v) is 7.30. The molecule has 1 aromatic rings. The number of carbonyl (C=O) groups is 1. The van der Waals surface area contributed by atoms with E-state index < -0.39 is 5.67 Å². The van der Waals surface area contributed by atoms with Crippen molar-refractivity contribution >= 4 is 5.91 Å². The Morgan fingerprint density at radius 2 is 2.29 bits per heavy atom. The Morgan fingerprint density at radius 3 is 2.96 bits per heavy atom. The first-order chi connectivity index (χ1) is 11.6. The summed E-state index contributed by atoms with van der Waals surface area (Å²) in [5, 5.41) is 0. The van der Waals surface area contributed by atoms with Gasteiger partial charge in [-0.25, -0.2) is 4.39 Å². The van der Waals surface area contributed by atoms with Crippen molar-refractivity contribution in [2.24, 2.45) is 0 Å². The molecule has 1 aliphatic carbocycles. The molecule has 0 aromatic carbocycles. The van der Waals surface area contributed by atoms with Crippen molar-refractivity contribution in [2.75, 3.05) is 19.7 Å². The van der Waals surface area contributed by atoms with Gasteiger partial charge >= 0.3 is 0 Å². The molecule has 3 fully saturated rings. The Hall–Kier alpha value is -1.53. The lowest BCUT2D eigenvalue weighted by atomic mass is 9.78. The topological polar surface area (TPSA) is 51.7 Å². The number of hydrogen-bond acceptors (Lipinski definition) is 4. The van der Waals surface area contributed by atoms with Gasteiger partial charge in [-0.05, 0) is 37.3 Å². The van der Waals surface area contributed by atoms with E-state index >= 15 is 0 Å². The molecule has 1 aromatic heterocycles. The van der Waals surface area contributed by atoms with Gasteiger partial charge in [-0.3, -0.25) is 9.78 Å². The van der Waals surface area contributed by atoms with Crippen molar-refractivity contribution in [3.05, 3.63) is 30.1 Å². The number of ether oxygens (including phenoxy) is 2. The second-order valence-electron chi connectivity index (χ2n) is 7.30. The number of pyridine rings is 1. The smallest absolute Gasteiger partial charge is 0.260 e. The molecule has 5 nitrogen and oxygen atoms in total. The summed E-state index contributed by atoms with van der Waals surface area (Å²) in [6.45, 7) is 2.14. The molecule has 0 radical (unpaired) electrons. The van der Waals surface area contributed by atoms with Crippen LogP contribution in [0.3, 0.4) is 0 Å². The molecule has 4 rings (SSSR count). The third-order valence-corrected chi connectivity index (χ3v) is 5.43. The number of rotatable bonds is 4. The zero-order chi connectivity index (χ0) is 16.6. The quantitative estimate of drug-likeness (QED) is 0.847. The minimum absolute atomic E-state index is 0.110. The molecular weight excluding hydrogens is 311 g/mol. The fourth-order valence-corrected chi connectivity index (χ4v) is 3.82. The first-order valence-electron chi connectivity index (χ1n) is 8.71. The molecule has 3 aliphatic rings. The van der Waals surface area contributed by atoms with E-state index in [0.717, 1.165) is 24.8 Å². The molecule has 24 heavy (non-hydrogen) atoms. The molecule has 1 unspecified atom stereocenters. The predicted octanol–water partition coefficient (Wildman–Crippen LogP) is 2.25. The maximum atomic E-state index is 14.2. The van der Waals surface area contributed by atoms with E-state index in [0.29, 0.717) is 39.1 Å². The van der Waals surface area contributed by atoms with Crippen LogP contribution in [0.25, 0.3) is 0 Å². The Balaban J connectivity index is 1.29. The van der Waals surface area contributed by atoms with Gasteiger partial charge in [0.25, 0.3) is 5.91 Å². The SMILES string of the molecule is O=C(N1CC2(CC(OCc3cccnc3)CCO2)C1)C1(F)CCC1. The summed E-state index contributed by atoms with van der Waals surface area (Å²) in [7, 11) is 0. The number of nitrogens with zero attached hydrogens (tertiary/aromatic N) is 2. The average Bonchev–Trinajstić information content (AvgIpc) is 2.56. The highest BCUT2D eigenvalue weighted by Crippen LogP contribution is 2.42. The van der Waals surface area contributed by atoms with Crippen molar-refractivity contribution in [3.63, 3.8) is 0 Å². The van der Waals surface area contributed by atoms with Crippen LogP contribution in [0.15, 0.2) is 24.5 Å². The van der Waals surface area contributed by atoms with Gasteiger partial charge in [0.2, 0.25) is 0 Å². The molecule has 1 atom stereocenters. The number of hydrogen-bond donors (Lipinski definition) is 0. The molecule has 3 heterocycles. The lowest BCUT2D eigenvalue weighted by Crippen LogP contribution is -2.70. The second kappa shape index (κ2) is 6.08. The summed E-state index contributed by atoms with van der Waals surface area (Å²) in [5.41, 5.74) is -0.895. The average molecular weight is 334 g/mol. The first-order valence-corrected chi connectivity index (χ1v) is 8.71. The highest BCUT2D eigenvalue weighted by atomic mass is 19.1. The molecule has 6 heteroatoms. The standard InChI is InChI=1S/C18H23FN2O3/c19-18(5-2-6-18)16(22)21-12-17(13-21)9-15(4-8-24-17)23-11-14-3-1-7-20-10-14/h1,3,7,10,15H,2,4-6,8-9,11-13H2. The number of alkyl halides is 1. The summed E-state index contributed by atoms with van der Waals surface area (Å²) < 4.78 is 26.2. The van der Waals surface area contributed by atoms with Crippen LogP contribution in [0.2, 0.25) is 0 Å². The van der Waals surface area contributed by atoms with Gasteiger partial charge in [0.05, 0.1) is 25.8 Å². The van der Waals surface area contributed by atoms with Crippen molar-refractivity contribution in [2.45, 2.75) is 56.1 Å². The van der Waals surface area contributed by atoms with Crippen LogP contribution in [0.5, 0.6) is 0 Å². The van der Waals surface area contributed by atoms with E-state index in [9.17, 15) is 9.18 Å². The van der Waals surface area contributed by atoms with E-state index in [4.69, 9.17) is 9.47 Å². The molecule has 0 N–H and O–H groups in total. The van der Waals surface area contributed by atoms with Crippen LogP contribution in [0.4, 0.5) is 4.39 Å². The van der Waals surface area contributed by atoms with Crippen LogP contribution in [0.1, 0.15) is 37.7 Å². The Morgan fingerprint density at radius 1 is 1.46 bits per heavy atom. The van der Waals surface area contributed by atoms with Gasteiger partial charge in [0, 0.05) is 25.4 Å². The molecule has 1 spiro atoms.